The number of benzene rings is 2. The smallest absolute Gasteiger partial charge is 0.241 e. The van der Waals surface area contributed by atoms with Crippen molar-refractivity contribution in [2.45, 2.75) is 23.8 Å². The first-order valence-electron chi connectivity index (χ1n) is 12.3. The zero-order chi connectivity index (χ0) is 26.7. The van der Waals surface area contributed by atoms with E-state index >= 15 is 0 Å². The molecule has 0 aliphatic carbocycles. The highest BCUT2D eigenvalue weighted by Gasteiger charge is 2.27. The average molecular weight is 588 g/mol. The standard InChI is InChI=1S/C29H28ClFN4O2S.ClH/c1-32-38(36,37)29-7-2-20(16-27(29)30)10-14-35-15-11-23(17-28(35)22-3-5-24(31)6-4-22)26-19-34-18-25(26)21-8-12-33-13-9-21;/h2-9,11-13,16,18-19,28,32,34H,10,14-15,17H2,1H3;1H. The molecule has 1 aliphatic rings. The van der Waals surface area contributed by atoms with Gasteiger partial charge in [0, 0.05) is 55.0 Å². The maximum atomic E-state index is 13.7. The average Bonchev–Trinajstić information content (AvgIpc) is 3.43. The van der Waals surface area contributed by atoms with Gasteiger partial charge in [0.05, 0.1) is 5.02 Å². The van der Waals surface area contributed by atoms with E-state index in [-0.39, 0.29) is 34.2 Å². The number of nitrogens with zero attached hydrogens (tertiary/aromatic N) is 2. The molecule has 0 fully saturated rings. The van der Waals surface area contributed by atoms with Crippen LogP contribution in [0.1, 0.15) is 29.2 Å². The second-order valence-electron chi connectivity index (χ2n) is 9.24. The van der Waals surface area contributed by atoms with E-state index in [4.69, 9.17) is 11.6 Å². The third kappa shape index (κ3) is 6.42. The fourth-order valence-electron chi connectivity index (χ4n) is 4.96. The largest absolute Gasteiger partial charge is 0.366 e. The fourth-order valence-corrected chi connectivity index (χ4v) is 6.25. The Kier molecular flexibility index (Phi) is 9.25. The predicted octanol–water partition coefficient (Wildman–Crippen LogP) is 6.27. The van der Waals surface area contributed by atoms with Crippen LogP contribution in [-0.4, -0.2) is 43.4 Å². The van der Waals surface area contributed by atoms with Crippen molar-refractivity contribution in [1.29, 1.82) is 0 Å². The van der Waals surface area contributed by atoms with Gasteiger partial charge < -0.3 is 4.98 Å². The monoisotopic (exact) mass is 586 g/mol. The highest BCUT2D eigenvalue weighted by atomic mass is 35.5. The van der Waals surface area contributed by atoms with Gasteiger partial charge >= 0.3 is 0 Å². The van der Waals surface area contributed by atoms with Crippen LogP contribution in [0.15, 0.2) is 90.4 Å². The van der Waals surface area contributed by atoms with E-state index in [1.165, 1.54) is 24.8 Å². The van der Waals surface area contributed by atoms with Crippen molar-refractivity contribution in [2.75, 3.05) is 20.1 Å². The van der Waals surface area contributed by atoms with Gasteiger partial charge in [-0.15, -0.1) is 12.4 Å². The summed E-state index contributed by atoms with van der Waals surface area (Å²) in [7, 11) is -2.26. The summed E-state index contributed by atoms with van der Waals surface area (Å²) in [5.74, 6) is -0.260. The molecular formula is C29H29Cl2FN4O2S. The molecule has 1 aliphatic heterocycles. The maximum absolute atomic E-state index is 13.7. The van der Waals surface area contributed by atoms with Crippen molar-refractivity contribution in [3.8, 4) is 11.1 Å². The number of aromatic nitrogens is 2. The minimum absolute atomic E-state index is 0. The Balaban J connectivity index is 0.00000353. The summed E-state index contributed by atoms with van der Waals surface area (Å²) in [5.41, 5.74) is 6.59. The second-order valence-corrected chi connectivity index (χ2v) is 11.5. The van der Waals surface area contributed by atoms with E-state index in [2.05, 4.69) is 25.7 Å². The maximum Gasteiger partial charge on any atom is 0.241 e. The lowest BCUT2D eigenvalue weighted by Gasteiger charge is -2.36. The number of hydrogen-bond donors (Lipinski definition) is 2. The fraction of sp³-hybridized carbons (Fsp3) is 0.207. The molecule has 5 rings (SSSR count). The molecule has 0 saturated heterocycles. The van der Waals surface area contributed by atoms with Crippen LogP contribution in [-0.2, 0) is 16.4 Å². The molecule has 3 heterocycles. The molecule has 1 atom stereocenters. The Bertz CT molecular complexity index is 1560. The van der Waals surface area contributed by atoms with E-state index in [1.807, 2.05) is 36.7 Å². The third-order valence-corrected chi connectivity index (χ3v) is 8.90. The molecule has 0 bridgehead atoms. The molecule has 6 nitrogen and oxygen atoms in total. The summed E-state index contributed by atoms with van der Waals surface area (Å²) in [5, 5.41) is 0.198. The van der Waals surface area contributed by atoms with Gasteiger partial charge in [0.25, 0.3) is 0 Å². The Labute approximate surface area is 239 Å². The quantitative estimate of drug-likeness (QED) is 0.255. The molecule has 204 valence electrons. The Morgan fingerprint density at radius 1 is 1.08 bits per heavy atom. The molecule has 2 aromatic heterocycles. The number of nitrogens with one attached hydrogen (secondary N) is 2. The summed E-state index contributed by atoms with van der Waals surface area (Å²) < 4.78 is 40.4. The van der Waals surface area contributed by atoms with E-state index in [0.29, 0.717) is 6.42 Å². The van der Waals surface area contributed by atoms with Gasteiger partial charge in [-0.25, -0.2) is 17.5 Å². The van der Waals surface area contributed by atoms with E-state index in [9.17, 15) is 12.8 Å². The normalized spacial score (nSPS) is 16.0. The summed E-state index contributed by atoms with van der Waals surface area (Å²) in [6.07, 6.45) is 11.3. The van der Waals surface area contributed by atoms with Crippen LogP contribution in [0.5, 0.6) is 0 Å². The highest BCUT2D eigenvalue weighted by Crippen LogP contribution is 2.39. The summed E-state index contributed by atoms with van der Waals surface area (Å²) in [4.78, 5) is 9.82. The first kappa shape index (κ1) is 29.0. The summed E-state index contributed by atoms with van der Waals surface area (Å²) in [6, 6.07) is 15.8. The number of pyridine rings is 1. The van der Waals surface area contributed by atoms with Crippen molar-refractivity contribution in [1.82, 2.24) is 19.6 Å². The lowest BCUT2D eigenvalue weighted by Crippen LogP contribution is -2.34. The molecule has 0 saturated carbocycles. The second kappa shape index (κ2) is 12.4. The third-order valence-electron chi connectivity index (χ3n) is 7.01. The topological polar surface area (TPSA) is 78.1 Å². The molecule has 0 radical (unpaired) electrons. The summed E-state index contributed by atoms with van der Waals surface area (Å²) in [6.45, 7) is 1.45. The van der Waals surface area contributed by atoms with Gasteiger partial charge in [0.1, 0.15) is 10.7 Å². The molecule has 39 heavy (non-hydrogen) atoms. The number of halogens is 3. The SMILES string of the molecule is CNS(=O)(=O)c1ccc(CCN2CC=C(c3c[nH]cc3-c3ccncc3)CC2c2ccc(F)cc2)cc1Cl.Cl. The van der Waals surface area contributed by atoms with Gasteiger partial charge in [-0.05, 0) is 78.6 Å². The number of rotatable bonds is 8. The van der Waals surface area contributed by atoms with Crippen LogP contribution in [0.4, 0.5) is 4.39 Å². The molecule has 2 aromatic carbocycles. The Hall–Kier alpha value is -3.01. The van der Waals surface area contributed by atoms with Gasteiger partial charge in [0.15, 0.2) is 0 Å². The molecule has 10 heteroatoms. The Morgan fingerprint density at radius 3 is 2.49 bits per heavy atom. The van der Waals surface area contributed by atoms with Crippen LogP contribution < -0.4 is 4.72 Å². The van der Waals surface area contributed by atoms with Crippen molar-refractivity contribution in [3.05, 3.63) is 113 Å². The first-order chi connectivity index (χ1) is 18.4. The van der Waals surface area contributed by atoms with Crippen molar-refractivity contribution < 1.29 is 12.8 Å². The lowest BCUT2D eigenvalue weighted by atomic mass is 9.88. The van der Waals surface area contributed by atoms with Crippen LogP contribution in [0, 0.1) is 5.82 Å². The van der Waals surface area contributed by atoms with E-state index < -0.39 is 10.0 Å². The van der Waals surface area contributed by atoms with Gasteiger partial charge in [-0.2, -0.15) is 0 Å². The molecule has 2 N–H and O–H groups in total. The summed E-state index contributed by atoms with van der Waals surface area (Å²) >= 11 is 6.31. The molecule has 0 amide bonds. The van der Waals surface area contributed by atoms with Gasteiger partial charge in [0.2, 0.25) is 10.0 Å². The van der Waals surface area contributed by atoms with E-state index in [1.54, 1.807) is 30.6 Å². The number of H-pyrrole nitrogens is 1. The molecule has 4 aromatic rings. The zero-order valence-electron chi connectivity index (χ0n) is 21.3. The van der Waals surface area contributed by atoms with Crippen molar-refractivity contribution >= 4 is 39.6 Å². The van der Waals surface area contributed by atoms with Crippen LogP contribution >= 0.6 is 24.0 Å². The zero-order valence-corrected chi connectivity index (χ0v) is 23.7. The van der Waals surface area contributed by atoms with Crippen LogP contribution in [0.2, 0.25) is 5.02 Å². The molecule has 1 unspecified atom stereocenters. The van der Waals surface area contributed by atoms with E-state index in [0.717, 1.165) is 47.3 Å². The van der Waals surface area contributed by atoms with Gasteiger partial charge in [-0.1, -0.05) is 35.9 Å². The van der Waals surface area contributed by atoms with Crippen LogP contribution in [0.3, 0.4) is 0 Å². The molecular weight excluding hydrogens is 558 g/mol. The highest BCUT2D eigenvalue weighted by molar-refractivity contribution is 7.89. The number of hydrogen-bond acceptors (Lipinski definition) is 4. The number of aromatic amines is 1. The van der Waals surface area contributed by atoms with Gasteiger partial charge in [-0.3, -0.25) is 9.88 Å². The minimum Gasteiger partial charge on any atom is -0.366 e. The minimum atomic E-state index is -3.62. The first-order valence-corrected chi connectivity index (χ1v) is 14.2. The molecule has 0 spiro atoms. The number of sulfonamides is 1. The Morgan fingerprint density at radius 2 is 1.79 bits per heavy atom. The predicted molar refractivity (Wildman–Crippen MR) is 156 cm³/mol. The van der Waals surface area contributed by atoms with Crippen molar-refractivity contribution in [2.24, 2.45) is 0 Å². The van der Waals surface area contributed by atoms with Crippen molar-refractivity contribution in [3.63, 3.8) is 0 Å². The lowest BCUT2D eigenvalue weighted by molar-refractivity contribution is 0.216. The van der Waals surface area contributed by atoms with Crippen LogP contribution in [0.25, 0.3) is 16.7 Å².